The first-order chi connectivity index (χ1) is 8.62. The molecule has 0 bridgehead atoms. The number of hydrogen-bond donors (Lipinski definition) is 1. The SMILES string of the molecule is O=S1(=O)CCN(Cc2nc3ccccc3[nH]2)CC1. The number of hydrogen-bond acceptors (Lipinski definition) is 4. The van der Waals surface area contributed by atoms with E-state index >= 15 is 0 Å². The van der Waals surface area contributed by atoms with Gasteiger partial charge in [-0.1, -0.05) is 12.1 Å². The molecule has 2 heterocycles. The number of rotatable bonds is 2. The summed E-state index contributed by atoms with van der Waals surface area (Å²) in [5.41, 5.74) is 1.98. The summed E-state index contributed by atoms with van der Waals surface area (Å²) < 4.78 is 22.7. The largest absolute Gasteiger partial charge is 0.341 e. The van der Waals surface area contributed by atoms with Crippen molar-refractivity contribution in [1.29, 1.82) is 0 Å². The number of para-hydroxylation sites is 2. The van der Waals surface area contributed by atoms with E-state index in [-0.39, 0.29) is 11.5 Å². The van der Waals surface area contributed by atoms with E-state index in [0.29, 0.717) is 19.6 Å². The Morgan fingerprint density at radius 2 is 1.94 bits per heavy atom. The van der Waals surface area contributed by atoms with Crippen molar-refractivity contribution in [2.24, 2.45) is 0 Å². The van der Waals surface area contributed by atoms with Gasteiger partial charge in [0.25, 0.3) is 0 Å². The predicted octanol–water partition coefficient (Wildman–Crippen LogP) is 0.793. The van der Waals surface area contributed by atoms with Gasteiger partial charge in [0, 0.05) is 13.1 Å². The molecule has 0 saturated carbocycles. The van der Waals surface area contributed by atoms with Crippen LogP contribution in [-0.4, -0.2) is 47.9 Å². The number of nitrogens with zero attached hydrogens (tertiary/aromatic N) is 2. The summed E-state index contributed by atoms with van der Waals surface area (Å²) in [6.45, 7) is 1.88. The molecule has 0 amide bonds. The fourth-order valence-electron chi connectivity index (χ4n) is 2.20. The maximum absolute atomic E-state index is 11.3. The smallest absolute Gasteiger partial charge is 0.152 e. The van der Waals surface area contributed by atoms with Crippen LogP contribution >= 0.6 is 0 Å². The van der Waals surface area contributed by atoms with Crippen molar-refractivity contribution in [3.8, 4) is 0 Å². The van der Waals surface area contributed by atoms with Crippen molar-refractivity contribution in [3.63, 3.8) is 0 Å². The Morgan fingerprint density at radius 1 is 1.22 bits per heavy atom. The molecule has 96 valence electrons. The molecule has 1 fully saturated rings. The van der Waals surface area contributed by atoms with E-state index < -0.39 is 9.84 Å². The molecule has 1 aliphatic heterocycles. The third-order valence-electron chi connectivity index (χ3n) is 3.25. The fourth-order valence-corrected chi connectivity index (χ4v) is 3.48. The first kappa shape index (κ1) is 11.7. The highest BCUT2D eigenvalue weighted by Gasteiger charge is 2.22. The van der Waals surface area contributed by atoms with E-state index in [4.69, 9.17) is 0 Å². The quantitative estimate of drug-likeness (QED) is 0.872. The van der Waals surface area contributed by atoms with E-state index in [1.54, 1.807) is 0 Å². The van der Waals surface area contributed by atoms with Crippen LogP contribution in [0.2, 0.25) is 0 Å². The molecule has 5 nitrogen and oxygen atoms in total. The van der Waals surface area contributed by atoms with Gasteiger partial charge in [0.1, 0.15) is 5.82 Å². The standard InChI is InChI=1S/C12H15N3O2S/c16-18(17)7-5-15(6-8-18)9-12-13-10-3-1-2-4-11(10)14-12/h1-4H,5-9H2,(H,13,14). The van der Waals surface area contributed by atoms with Crippen LogP contribution in [-0.2, 0) is 16.4 Å². The molecular weight excluding hydrogens is 250 g/mol. The van der Waals surface area contributed by atoms with Gasteiger partial charge in [0.2, 0.25) is 0 Å². The van der Waals surface area contributed by atoms with Crippen LogP contribution in [0.1, 0.15) is 5.82 Å². The molecule has 0 atom stereocenters. The summed E-state index contributed by atoms with van der Waals surface area (Å²) in [5.74, 6) is 1.41. The zero-order valence-electron chi connectivity index (χ0n) is 9.96. The van der Waals surface area contributed by atoms with Crippen molar-refractivity contribution >= 4 is 20.9 Å². The first-order valence-corrected chi connectivity index (χ1v) is 7.81. The number of aromatic nitrogens is 2. The van der Waals surface area contributed by atoms with Gasteiger partial charge in [-0.25, -0.2) is 13.4 Å². The maximum Gasteiger partial charge on any atom is 0.152 e. The first-order valence-electron chi connectivity index (χ1n) is 5.99. The van der Waals surface area contributed by atoms with Gasteiger partial charge >= 0.3 is 0 Å². The average molecular weight is 265 g/mol. The molecule has 3 rings (SSSR count). The number of aromatic amines is 1. The molecule has 0 spiro atoms. The second-order valence-electron chi connectivity index (χ2n) is 4.63. The molecule has 1 aromatic heterocycles. The number of H-pyrrole nitrogens is 1. The summed E-state index contributed by atoms with van der Waals surface area (Å²) in [6.07, 6.45) is 0. The van der Waals surface area contributed by atoms with E-state index in [1.165, 1.54) is 0 Å². The van der Waals surface area contributed by atoms with Crippen molar-refractivity contribution < 1.29 is 8.42 Å². The van der Waals surface area contributed by atoms with Gasteiger partial charge in [0.15, 0.2) is 9.84 Å². The highest BCUT2D eigenvalue weighted by molar-refractivity contribution is 7.91. The van der Waals surface area contributed by atoms with Crippen LogP contribution in [0.3, 0.4) is 0 Å². The lowest BCUT2D eigenvalue weighted by molar-refractivity contribution is 0.281. The Bertz CT molecular complexity index is 616. The van der Waals surface area contributed by atoms with Gasteiger partial charge in [0.05, 0.1) is 29.1 Å². The van der Waals surface area contributed by atoms with Crippen molar-refractivity contribution in [1.82, 2.24) is 14.9 Å². The second kappa shape index (κ2) is 4.37. The van der Waals surface area contributed by atoms with Crippen molar-refractivity contribution in [2.45, 2.75) is 6.54 Å². The lowest BCUT2D eigenvalue weighted by atomic mass is 10.3. The summed E-state index contributed by atoms with van der Waals surface area (Å²) in [4.78, 5) is 9.88. The average Bonchev–Trinajstić information content (AvgIpc) is 2.74. The maximum atomic E-state index is 11.3. The Kier molecular flexibility index (Phi) is 2.83. The molecule has 1 N–H and O–H groups in total. The summed E-state index contributed by atoms with van der Waals surface area (Å²) in [5, 5.41) is 0. The fraction of sp³-hybridized carbons (Fsp3) is 0.417. The van der Waals surface area contributed by atoms with E-state index in [2.05, 4.69) is 14.9 Å². The zero-order chi connectivity index (χ0) is 12.6. The minimum absolute atomic E-state index is 0.257. The highest BCUT2D eigenvalue weighted by atomic mass is 32.2. The van der Waals surface area contributed by atoms with Crippen LogP contribution in [0.15, 0.2) is 24.3 Å². The third-order valence-corrected chi connectivity index (χ3v) is 4.86. The number of imidazole rings is 1. The molecule has 0 radical (unpaired) electrons. The molecule has 18 heavy (non-hydrogen) atoms. The Labute approximate surface area is 106 Å². The van der Waals surface area contributed by atoms with Crippen LogP contribution in [0.5, 0.6) is 0 Å². The molecule has 2 aromatic rings. The van der Waals surface area contributed by atoms with Crippen LogP contribution in [0, 0.1) is 0 Å². The second-order valence-corrected chi connectivity index (χ2v) is 6.93. The number of fused-ring (bicyclic) bond motifs is 1. The van der Waals surface area contributed by atoms with Gasteiger partial charge in [-0.3, -0.25) is 4.90 Å². The van der Waals surface area contributed by atoms with Crippen molar-refractivity contribution in [3.05, 3.63) is 30.1 Å². The molecule has 0 unspecified atom stereocenters. The van der Waals surface area contributed by atoms with Gasteiger partial charge in [-0.15, -0.1) is 0 Å². The molecule has 1 aliphatic rings. The summed E-state index contributed by atoms with van der Waals surface area (Å²) in [7, 11) is -2.80. The van der Waals surface area contributed by atoms with Gasteiger partial charge in [-0.05, 0) is 12.1 Å². The lowest BCUT2D eigenvalue weighted by Crippen LogP contribution is -2.39. The van der Waals surface area contributed by atoms with E-state index in [9.17, 15) is 8.42 Å². The molecule has 1 aromatic carbocycles. The summed E-state index contributed by atoms with van der Waals surface area (Å²) in [6, 6.07) is 7.89. The molecular formula is C12H15N3O2S. The van der Waals surface area contributed by atoms with E-state index in [0.717, 1.165) is 16.9 Å². The molecule has 0 aliphatic carbocycles. The Morgan fingerprint density at radius 3 is 2.67 bits per heavy atom. The minimum Gasteiger partial charge on any atom is -0.341 e. The Balaban J connectivity index is 1.73. The minimum atomic E-state index is -2.80. The van der Waals surface area contributed by atoms with Crippen LogP contribution < -0.4 is 0 Å². The third kappa shape index (κ3) is 2.39. The van der Waals surface area contributed by atoms with Gasteiger partial charge < -0.3 is 4.98 Å². The normalized spacial score (nSPS) is 20.2. The van der Waals surface area contributed by atoms with Crippen LogP contribution in [0.25, 0.3) is 11.0 Å². The van der Waals surface area contributed by atoms with Crippen molar-refractivity contribution in [2.75, 3.05) is 24.6 Å². The Hall–Kier alpha value is -1.40. The number of nitrogens with one attached hydrogen (secondary N) is 1. The molecule has 1 saturated heterocycles. The zero-order valence-corrected chi connectivity index (χ0v) is 10.8. The predicted molar refractivity (Wildman–Crippen MR) is 70.0 cm³/mol. The summed E-state index contributed by atoms with van der Waals surface area (Å²) >= 11 is 0. The van der Waals surface area contributed by atoms with Crippen LogP contribution in [0.4, 0.5) is 0 Å². The number of sulfone groups is 1. The van der Waals surface area contributed by atoms with E-state index in [1.807, 2.05) is 24.3 Å². The monoisotopic (exact) mass is 265 g/mol. The topological polar surface area (TPSA) is 66.1 Å². The number of benzene rings is 1. The van der Waals surface area contributed by atoms with Gasteiger partial charge in [-0.2, -0.15) is 0 Å². The highest BCUT2D eigenvalue weighted by Crippen LogP contribution is 2.13. The lowest BCUT2D eigenvalue weighted by Gasteiger charge is -2.25. The molecule has 6 heteroatoms.